The van der Waals surface area contributed by atoms with Crippen molar-refractivity contribution in [3.8, 4) is 6.07 Å². The lowest BCUT2D eigenvalue weighted by Crippen LogP contribution is -1.94. The van der Waals surface area contributed by atoms with Crippen molar-refractivity contribution in [1.29, 1.82) is 5.26 Å². The average molecular weight is 159 g/mol. The van der Waals surface area contributed by atoms with Gasteiger partial charge in [0, 0.05) is 0 Å². The van der Waals surface area contributed by atoms with Crippen LogP contribution in [0.15, 0.2) is 24.3 Å². The number of nitrogens with zero attached hydrogens (tertiary/aromatic N) is 1. The van der Waals surface area contributed by atoms with Gasteiger partial charge in [-0.05, 0) is 24.0 Å². The molecule has 0 saturated heterocycles. The number of rotatable bonds is 2. The van der Waals surface area contributed by atoms with E-state index in [0.717, 1.165) is 12.0 Å². The summed E-state index contributed by atoms with van der Waals surface area (Å²) in [6, 6.07) is 10.0. The summed E-state index contributed by atoms with van der Waals surface area (Å²) in [7, 11) is 0. The maximum absolute atomic E-state index is 8.81. The fraction of sp³-hybridized carbons (Fsp3) is 0.364. The van der Waals surface area contributed by atoms with Crippen molar-refractivity contribution in [2.24, 2.45) is 0 Å². The third-order valence-corrected chi connectivity index (χ3v) is 2.22. The van der Waals surface area contributed by atoms with Crippen LogP contribution in [-0.4, -0.2) is 0 Å². The average Bonchev–Trinajstić information content (AvgIpc) is 2.16. The van der Waals surface area contributed by atoms with E-state index in [1.807, 2.05) is 24.3 Å². The second kappa shape index (κ2) is 3.92. The topological polar surface area (TPSA) is 23.8 Å². The van der Waals surface area contributed by atoms with Crippen LogP contribution in [0.3, 0.4) is 0 Å². The lowest BCUT2D eigenvalue weighted by atomic mass is 9.94. The van der Waals surface area contributed by atoms with E-state index in [4.69, 9.17) is 5.26 Å². The molecule has 1 nitrogen and oxygen atoms in total. The van der Waals surface area contributed by atoms with Gasteiger partial charge in [-0.3, -0.25) is 0 Å². The summed E-state index contributed by atoms with van der Waals surface area (Å²) in [5.74, 6) is 0.487. The molecule has 0 spiro atoms. The standard InChI is InChI=1S/C11H13N/c1-3-9(2)11-7-5-4-6-10(11)8-12/h4-7,9H,3H2,1-2H3. The third-order valence-electron chi connectivity index (χ3n) is 2.22. The van der Waals surface area contributed by atoms with Crippen molar-refractivity contribution in [3.63, 3.8) is 0 Å². The molecular formula is C11H13N. The van der Waals surface area contributed by atoms with E-state index in [-0.39, 0.29) is 0 Å². The van der Waals surface area contributed by atoms with Gasteiger partial charge in [-0.2, -0.15) is 5.26 Å². The lowest BCUT2D eigenvalue weighted by molar-refractivity contribution is 0.731. The van der Waals surface area contributed by atoms with Gasteiger partial charge in [-0.25, -0.2) is 0 Å². The van der Waals surface area contributed by atoms with E-state index in [1.54, 1.807) is 0 Å². The summed E-state index contributed by atoms with van der Waals surface area (Å²) < 4.78 is 0. The minimum absolute atomic E-state index is 0.487. The second-order valence-electron chi connectivity index (χ2n) is 3.01. The fourth-order valence-corrected chi connectivity index (χ4v) is 1.25. The van der Waals surface area contributed by atoms with Crippen LogP contribution in [0, 0.1) is 11.3 Å². The third kappa shape index (κ3) is 1.65. The van der Waals surface area contributed by atoms with Crippen LogP contribution >= 0.6 is 0 Å². The summed E-state index contributed by atoms with van der Waals surface area (Å²) in [6.07, 6.45) is 1.08. The zero-order chi connectivity index (χ0) is 8.97. The Balaban J connectivity index is 3.07. The summed E-state index contributed by atoms with van der Waals surface area (Å²) in [5, 5.41) is 8.81. The summed E-state index contributed by atoms with van der Waals surface area (Å²) >= 11 is 0. The van der Waals surface area contributed by atoms with Gasteiger partial charge in [0.2, 0.25) is 0 Å². The highest BCUT2D eigenvalue weighted by Crippen LogP contribution is 2.21. The Bertz CT molecular complexity index is 296. The molecule has 62 valence electrons. The molecule has 1 unspecified atom stereocenters. The first-order valence-electron chi connectivity index (χ1n) is 4.28. The molecule has 0 N–H and O–H groups in total. The zero-order valence-electron chi connectivity index (χ0n) is 7.54. The Morgan fingerprint density at radius 2 is 2.08 bits per heavy atom. The number of hydrogen-bond donors (Lipinski definition) is 0. The first-order valence-corrected chi connectivity index (χ1v) is 4.28. The molecule has 0 aliphatic carbocycles. The predicted octanol–water partition coefficient (Wildman–Crippen LogP) is 3.07. The monoisotopic (exact) mass is 159 g/mol. The van der Waals surface area contributed by atoms with Crippen molar-refractivity contribution < 1.29 is 0 Å². The Morgan fingerprint density at radius 3 is 2.67 bits per heavy atom. The van der Waals surface area contributed by atoms with Crippen LogP contribution in [-0.2, 0) is 0 Å². The first-order chi connectivity index (χ1) is 5.79. The molecule has 0 saturated carbocycles. The van der Waals surface area contributed by atoms with E-state index in [0.29, 0.717) is 5.92 Å². The molecule has 0 aliphatic rings. The van der Waals surface area contributed by atoms with Crippen LogP contribution in [0.4, 0.5) is 0 Å². The summed E-state index contributed by atoms with van der Waals surface area (Å²) in [5.41, 5.74) is 1.98. The first kappa shape index (κ1) is 8.80. The van der Waals surface area contributed by atoms with Gasteiger partial charge in [-0.15, -0.1) is 0 Å². The lowest BCUT2D eigenvalue weighted by Gasteiger charge is -2.09. The molecule has 1 aromatic carbocycles. The van der Waals surface area contributed by atoms with Gasteiger partial charge < -0.3 is 0 Å². The maximum Gasteiger partial charge on any atom is 0.0994 e. The zero-order valence-corrected chi connectivity index (χ0v) is 7.54. The highest BCUT2D eigenvalue weighted by molar-refractivity contribution is 5.39. The van der Waals surface area contributed by atoms with E-state index in [9.17, 15) is 0 Å². The number of nitriles is 1. The van der Waals surface area contributed by atoms with Crippen LogP contribution in [0.25, 0.3) is 0 Å². The largest absolute Gasteiger partial charge is 0.192 e. The van der Waals surface area contributed by atoms with Crippen molar-refractivity contribution in [2.75, 3.05) is 0 Å². The van der Waals surface area contributed by atoms with Crippen LogP contribution in [0.2, 0.25) is 0 Å². The minimum atomic E-state index is 0.487. The van der Waals surface area contributed by atoms with E-state index >= 15 is 0 Å². The molecule has 1 heteroatoms. The van der Waals surface area contributed by atoms with E-state index < -0.39 is 0 Å². The fourth-order valence-electron chi connectivity index (χ4n) is 1.25. The molecule has 0 aromatic heterocycles. The predicted molar refractivity (Wildman–Crippen MR) is 49.9 cm³/mol. The van der Waals surface area contributed by atoms with Crippen LogP contribution < -0.4 is 0 Å². The van der Waals surface area contributed by atoms with Gasteiger partial charge in [0.05, 0.1) is 11.6 Å². The molecule has 0 fully saturated rings. The number of hydrogen-bond acceptors (Lipinski definition) is 1. The maximum atomic E-state index is 8.81. The summed E-state index contributed by atoms with van der Waals surface area (Å²) in [4.78, 5) is 0. The molecule has 0 bridgehead atoms. The Morgan fingerprint density at radius 1 is 1.42 bits per heavy atom. The van der Waals surface area contributed by atoms with Crippen LogP contribution in [0.5, 0.6) is 0 Å². The van der Waals surface area contributed by atoms with Gasteiger partial charge >= 0.3 is 0 Å². The van der Waals surface area contributed by atoms with Gasteiger partial charge in [-0.1, -0.05) is 32.0 Å². The van der Waals surface area contributed by atoms with Crippen molar-refractivity contribution >= 4 is 0 Å². The Hall–Kier alpha value is -1.29. The smallest absolute Gasteiger partial charge is 0.0994 e. The Labute approximate surface area is 73.6 Å². The normalized spacial score (nSPS) is 12.1. The molecule has 0 amide bonds. The van der Waals surface area contributed by atoms with Crippen molar-refractivity contribution in [3.05, 3.63) is 35.4 Å². The molecule has 0 radical (unpaired) electrons. The number of benzene rings is 1. The van der Waals surface area contributed by atoms with Crippen molar-refractivity contribution in [2.45, 2.75) is 26.2 Å². The molecular weight excluding hydrogens is 146 g/mol. The highest BCUT2D eigenvalue weighted by atomic mass is 14.2. The van der Waals surface area contributed by atoms with E-state index in [2.05, 4.69) is 19.9 Å². The molecule has 1 rings (SSSR count). The minimum Gasteiger partial charge on any atom is -0.192 e. The molecule has 0 heterocycles. The van der Waals surface area contributed by atoms with Gasteiger partial charge in [0.25, 0.3) is 0 Å². The quantitative estimate of drug-likeness (QED) is 0.650. The summed E-state index contributed by atoms with van der Waals surface area (Å²) in [6.45, 7) is 4.29. The SMILES string of the molecule is CCC(C)c1ccccc1C#N. The van der Waals surface area contributed by atoms with E-state index in [1.165, 1.54) is 5.56 Å². The highest BCUT2D eigenvalue weighted by Gasteiger charge is 2.06. The second-order valence-corrected chi connectivity index (χ2v) is 3.01. The molecule has 12 heavy (non-hydrogen) atoms. The molecule has 1 atom stereocenters. The molecule has 1 aromatic rings. The molecule has 0 aliphatic heterocycles. The van der Waals surface area contributed by atoms with Crippen molar-refractivity contribution in [1.82, 2.24) is 0 Å². The van der Waals surface area contributed by atoms with Gasteiger partial charge in [0.15, 0.2) is 0 Å². The van der Waals surface area contributed by atoms with Gasteiger partial charge in [0.1, 0.15) is 0 Å². The Kier molecular flexibility index (Phi) is 2.88. The van der Waals surface area contributed by atoms with Crippen LogP contribution in [0.1, 0.15) is 37.3 Å².